The van der Waals surface area contributed by atoms with E-state index >= 15 is 0 Å². The smallest absolute Gasteiger partial charge is 0.244 e. The average molecular weight is 583 g/mol. The zero-order valence-electron chi connectivity index (χ0n) is 21.7. The summed E-state index contributed by atoms with van der Waals surface area (Å²) in [4.78, 5) is 4.45. The fourth-order valence-corrected chi connectivity index (χ4v) is 7.40. The van der Waals surface area contributed by atoms with Crippen LogP contribution in [0.2, 0.25) is 0 Å². The fraction of sp³-hybridized carbons (Fsp3) is 0.560. The molecule has 214 valence electrons. The van der Waals surface area contributed by atoms with Crippen molar-refractivity contribution in [1.29, 1.82) is 0 Å². The first-order valence-corrected chi connectivity index (χ1v) is 15.9. The Morgan fingerprint density at radius 1 is 1.21 bits per heavy atom. The average Bonchev–Trinajstić information content (AvgIpc) is 3.58. The highest BCUT2D eigenvalue weighted by Crippen LogP contribution is 2.37. The summed E-state index contributed by atoms with van der Waals surface area (Å²) in [5.41, 5.74) is 0.425. The van der Waals surface area contributed by atoms with Crippen LogP contribution in [0, 0.1) is 0 Å². The lowest BCUT2D eigenvalue weighted by molar-refractivity contribution is -0.0312. The minimum atomic E-state index is -3.65. The van der Waals surface area contributed by atoms with Crippen LogP contribution in [-0.2, 0) is 31.2 Å². The van der Waals surface area contributed by atoms with Gasteiger partial charge in [-0.1, -0.05) is 6.07 Å². The molecule has 0 aliphatic carbocycles. The highest BCUT2D eigenvalue weighted by molar-refractivity contribution is 7.89. The van der Waals surface area contributed by atoms with Gasteiger partial charge in [0.15, 0.2) is 0 Å². The summed E-state index contributed by atoms with van der Waals surface area (Å²) < 4.78 is 71.2. The van der Waals surface area contributed by atoms with E-state index < -0.39 is 31.8 Å². The van der Waals surface area contributed by atoms with Crippen molar-refractivity contribution in [3.63, 3.8) is 0 Å². The zero-order chi connectivity index (χ0) is 27.7. The van der Waals surface area contributed by atoms with E-state index in [1.807, 2.05) is 0 Å². The van der Waals surface area contributed by atoms with Crippen LogP contribution in [0.25, 0.3) is 0 Å². The van der Waals surface area contributed by atoms with Gasteiger partial charge < -0.3 is 24.6 Å². The van der Waals surface area contributed by atoms with Crippen LogP contribution in [0.1, 0.15) is 24.8 Å². The van der Waals surface area contributed by atoms with Crippen LogP contribution in [-0.4, -0.2) is 95.5 Å². The van der Waals surface area contributed by atoms with Gasteiger partial charge in [-0.15, -0.1) is 0 Å². The largest absolute Gasteiger partial charge is 0.491 e. The van der Waals surface area contributed by atoms with Gasteiger partial charge >= 0.3 is 0 Å². The van der Waals surface area contributed by atoms with E-state index in [0.717, 1.165) is 12.0 Å². The van der Waals surface area contributed by atoms with Crippen LogP contribution in [0.3, 0.4) is 0 Å². The Labute approximate surface area is 228 Å². The third-order valence-corrected chi connectivity index (χ3v) is 10.7. The standard InChI is InChI=1S/C25H34N4O8S2/c1-26-38(31,32)22-4-2-3-21(12-22)36-17-20(30)14-27-19-13-25(37-16-19)6-8-29(9-7-25)39(33,34)23-11-18-5-10-35-24(18)28-15-23/h2-4,11-12,15,19-20,26-27,30H,5-10,13-14,16-17H2,1H3/t19-,20+/m1/s1. The predicted molar refractivity (Wildman–Crippen MR) is 141 cm³/mol. The molecule has 5 rings (SSSR count). The van der Waals surface area contributed by atoms with Gasteiger partial charge in [-0.05, 0) is 44.5 Å². The highest BCUT2D eigenvalue weighted by Gasteiger charge is 2.45. The first kappa shape index (κ1) is 28.2. The van der Waals surface area contributed by atoms with Crippen LogP contribution in [0.5, 0.6) is 11.6 Å². The minimum absolute atomic E-state index is 0.00866. The van der Waals surface area contributed by atoms with Crippen molar-refractivity contribution < 1.29 is 36.2 Å². The lowest BCUT2D eigenvalue weighted by Gasteiger charge is -2.38. The molecule has 3 N–H and O–H groups in total. The van der Waals surface area contributed by atoms with Gasteiger partial charge in [0.25, 0.3) is 0 Å². The molecule has 2 saturated heterocycles. The number of benzene rings is 1. The maximum atomic E-state index is 13.2. The second kappa shape index (κ2) is 11.3. The molecule has 0 bridgehead atoms. The van der Waals surface area contributed by atoms with Crippen molar-refractivity contribution in [2.75, 3.05) is 46.5 Å². The van der Waals surface area contributed by atoms with Crippen LogP contribution in [0.4, 0.5) is 0 Å². The third-order valence-electron chi connectivity index (χ3n) is 7.46. The van der Waals surface area contributed by atoms with Crippen molar-refractivity contribution in [1.82, 2.24) is 19.3 Å². The van der Waals surface area contributed by atoms with E-state index in [0.29, 0.717) is 57.2 Å². The van der Waals surface area contributed by atoms with Crippen molar-refractivity contribution in [3.05, 3.63) is 42.1 Å². The minimum Gasteiger partial charge on any atom is -0.491 e. The molecule has 0 unspecified atom stereocenters. The third kappa shape index (κ3) is 6.21. The number of aliphatic hydroxyl groups is 1. The van der Waals surface area contributed by atoms with E-state index in [9.17, 15) is 21.9 Å². The second-order valence-corrected chi connectivity index (χ2v) is 13.9. The lowest BCUT2D eigenvalue weighted by Crippen LogP contribution is -2.47. The van der Waals surface area contributed by atoms with E-state index in [-0.39, 0.29) is 29.0 Å². The normalized spacial score (nSPS) is 21.9. The molecule has 1 spiro atoms. The summed E-state index contributed by atoms with van der Waals surface area (Å²) in [5, 5.41) is 13.7. The molecule has 1 aromatic carbocycles. The van der Waals surface area contributed by atoms with Crippen molar-refractivity contribution in [2.45, 2.75) is 53.2 Å². The molecule has 2 atom stereocenters. The Kier molecular flexibility index (Phi) is 8.15. The summed E-state index contributed by atoms with van der Waals surface area (Å²) >= 11 is 0. The molecule has 4 heterocycles. The van der Waals surface area contributed by atoms with E-state index in [4.69, 9.17) is 14.2 Å². The number of nitrogens with zero attached hydrogens (tertiary/aromatic N) is 2. The van der Waals surface area contributed by atoms with Gasteiger partial charge in [-0.3, -0.25) is 0 Å². The van der Waals surface area contributed by atoms with Gasteiger partial charge in [-0.2, -0.15) is 4.31 Å². The Hall–Kier alpha value is -2.33. The molecule has 2 fully saturated rings. The van der Waals surface area contributed by atoms with Gasteiger partial charge in [0.1, 0.15) is 23.4 Å². The number of aromatic nitrogens is 1. The molecular formula is C25H34N4O8S2. The SMILES string of the molecule is CNS(=O)(=O)c1cccc(OC[C@@H](O)CN[C@H]2COC3(CCN(S(=O)(=O)c4cnc5c(c4)CCO5)CC3)C2)c1. The maximum Gasteiger partial charge on any atom is 0.244 e. The number of aliphatic hydroxyl groups excluding tert-OH is 1. The summed E-state index contributed by atoms with van der Waals surface area (Å²) in [7, 11) is -5.89. The molecule has 3 aliphatic heterocycles. The molecular weight excluding hydrogens is 548 g/mol. The first-order valence-electron chi connectivity index (χ1n) is 12.9. The quantitative estimate of drug-likeness (QED) is 0.355. The molecule has 1 aromatic heterocycles. The number of pyridine rings is 1. The monoisotopic (exact) mass is 582 g/mol. The van der Waals surface area contributed by atoms with Crippen LogP contribution < -0.4 is 19.5 Å². The lowest BCUT2D eigenvalue weighted by atomic mass is 9.88. The van der Waals surface area contributed by atoms with E-state index in [2.05, 4.69) is 15.0 Å². The maximum absolute atomic E-state index is 13.2. The van der Waals surface area contributed by atoms with Gasteiger partial charge in [0, 0.05) is 43.7 Å². The second-order valence-electron chi connectivity index (χ2n) is 10.1. The molecule has 0 radical (unpaired) electrons. The zero-order valence-corrected chi connectivity index (χ0v) is 23.3. The molecule has 14 heteroatoms. The van der Waals surface area contributed by atoms with E-state index in [1.165, 1.54) is 29.7 Å². The number of ether oxygens (including phenoxy) is 3. The Bertz CT molecular complexity index is 1390. The van der Waals surface area contributed by atoms with Crippen molar-refractivity contribution in [2.24, 2.45) is 0 Å². The topological polar surface area (TPSA) is 156 Å². The number of piperidine rings is 1. The summed E-state index contributed by atoms with van der Waals surface area (Å²) in [6.45, 7) is 1.98. The van der Waals surface area contributed by atoms with Gasteiger partial charge in [0.2, 0.25) is 25.9 Å². The summed E-state index contributed by atoms with van der Waals surface area (Å²) in [6.07, 6.45) is 3.10. The number of sulfonamides is 2. The molecule has 2 aromatic rings. The Morgan fingerprint density at radius 2 is 2.00 bits per heavy atom. The van der Waals surface area contributed by atoms with Gasteiger partial charge in [0.05, 0.1) is 29.9 Å². The molecule has 3 aliphatic rings. The number of hydrogen-bond acceptors (Lipinski definition) is 10. The first-order chi connectivity index (χ1) is 18.6. The van der Waals surface area contributed by atoms with Crippen LogP contribution in [0.15, 0.2) is 46.3 Å². The number of hydrogen-bond donors (Lipinski definition) is 3. The summed E-state index contributed by atoms with van der Waals surface area (Å²) in [6, 6.07) is 7.76. The molecule has 12 nitrogen and oxygen atoms in total. The van der Waals surface area contributed by atoms with Crippen molar-refractivity contribution in [3.8, 4) is 11.6 Å². The fourth-order valence-electron chi connectivity index (χ4n) is 5.19. The highest BCUT2D eigenvalue weighted by atomic mass is 32.2. The van der Waals surface area contributed by atoms with Crippen LogP contribution >= 0.6 is 0 Å². The van der Waals surface area contributed by atoms with Gasteiger partial charge in [-0.25, -0.2) is 26.5 Å². The Balaban J connectivity index is 1.08. The summed E-state index contributed by atoms with van der Waals surface area (Å²) in [5.74, 6) is 0.856. The number of fused-ring (bicyclic) bond motifs is 1. The number of rotatable bonds is 10. The molecule has 0 saturated carbocycles. The number of nitrogens with one attached hydrogen (secondary N) is 2. The van der Waals surface area contributed by atoms with Crippen molar-refractivity contribution >= 4 is 20.0 Å². The molecule has 0 amide bonds. The molecule has 39 heavy (non-hydrogen) atoms. The Morgan fingerprint density at radius 3 is 2.77 bits per heavy atom. The predicted octanol–water partition coefficient (Wildman–Crippen LogP) is 0.266. The van der Waals surface area contributed by atoms with E-state index in [1.54, 1.807) is 18.2 Å².